The fraction of sp³-hybridized carbons (Fsp3) is 0.333. The van der Waals surface area contributed by atoms with Crippen molar-refractivity contribution in [1.29, 1.82) is 0 Å². The average Bonchev–Trinajstić information content (AvgIpc) is 2.16. The largest absolute Gasteiger partial charge is 0.129 e. The van der Waals surface area contributed by atoms with E-state index in [1.807, 2.05) is 0 Å². The van der Waals surface area contributed by atoms with Gasteiger partial charge in [-0.1, -0.05) is 23.8 Å². The third-order valence-electron chi connectivity index (χ3n) is 2.26. The molecule has 1 heteroatoms. The summed E-state index contributed by atoms with van der Waals surface area (Å²) in [5.41, 5.74) is 4.15. The summed E-state index contributed by atoms with van der Waals surface area (Å²) in [6.45, 7) is 6.50. The maximum Gasteiger partial charge on any atom is 0.0144 e. The molecule has 1 aromatic carbocycles. The van der Waals surface area contributed by atoms with E-state index in [2.05, 4.69) is 51.3 Å². The second-order valence-corrected chi connectivity index (χ2v) is 4.17. The van der Waals surface area contributed by atoms with Gasteiger partial charge in [-0.15, -0.1) is 11.8 Å². The molecule has 0 spiro atoms. The minimum atomic E-state index is 1.36. The van der Waals surface area contributed by atoms with E-state index in [1.54, 1.807) is 11.8 Å². The summed E-state index contributed by atoms with van der Waals surface area (Å²) in [7, 11) is 0. The van der Waals surface area contributed by atoms with Crippen LogP contribution >= 0.6 is 11.8 Å². The summed E-state index contributed by atoms with van der Waals surface area (Å²) in [5, 5.41) is 0. The predicted molar refractivity (Wildman–Crippen MR) is 62.2 cm³/mol. The van der Waals surface area contributed by atoms with Gasteiger partial charge in [0.2, 0.25) is 0 Å². The van der Waals surface area contributed by atoms with Crippen LogP contribution in [0.25, 0.3) is 5.57 Å². The Kier molecular flexibility index (Phi) is 3.61. The number of hydrogen-bond acceptors (Lipinski definition) is 1. The highest BCUT2D eigenvalue weighted by atomic mass is 32.2. The Labute approximate surface area is 85.1 Å². The van der Waals surface area contributed by atoms with E-state index in [-0.39, 0.29) is 0 Å². The summed E-state index contributed by atoms with van der Waals surface area (Å²) in [6.07, 6.45) is 2.12. The molecule has 0 unspecified atom stereocenters. The third kappa shape index (κ3) is 2.38. The van der Waals surface area contributed by atoms with Crippen molar-refractivity contribution < 1.29 is 0 Å². The highest BCUT2D eigenvalue weighted by molar-refractivity contribution is 7.98. The van der Waals surface area contributed by atoms with Gasteiger partial charge in [-0.25, -0.2) is 0 Å². The number of thioether (sulfide) groups is 1. The van der Waals surface area contributed by atoms with Gasteiger partial charge in [0.25, 0.3) is 0 Å². The molecule has 1 aromatic rings. The van der Waals surface area contributed by atoms with Crippen molar-refractivity contribution in [3.63, 3.8) is 0 Å². The summed E-state index contributed by atoms with van der Waals surface area (Å²) < 4.78 is 0. The lowest BCUT2D eigenvalue weighted by Crippen LogP contribution is -1.85. The number of benzene rings is 1. The van der Waals surface area contributed by atoms with Crippen molar-refractivity contribution >= 4 is 17.3 Å². The van der Waals surface area contributed by atoms with Gasteiger partial charge in [0, 0.05) is 4.90 Å². The Hall–Kier alpha value is -0.690. The van der Waals surface area contributed by atoms with Gasteiger partial charge < -0.3 is 0 Å². The maximum absolute atomic E-state index is 2.19. The molecular weight excluding hydrogens is 176 g/mol. The molecule has 1 rings (SSSR count). The van der Waals surface area contributed by atoms with Crippen LogP contribution in [0, 0.1) is 0 Å². The average molecular weight is 192 g/mol. The maximum atomic E-state index is 2.19. The Morgan fingerprint density at radius 2 is 1.69 bits per heavy atom. The SMILES string of the molecule is CSc1ccccc1C(C)=C(C)C. The standard InChI is InChI=1S/C12H16S/c1-9(2)10(3)11-7-5-6-8-12(11)13-4/h5-8H,1-4H3. The van der Waals surface area contributed by atoms with E-state index in [1.165, 1.54) is 21.6 Å². The van der Waals surface area contributed by atoms with Crippen LogP contribution < -0.4 is 0 Å². The molecule has 0 radical (unpaired) electrons. The lowest BCUT2D eigenvalue weighted by molar-refractivity contribution is 1.31. The first-order valence-electron chi connectivity index (χ1n) is 4.44. The van der Waals surface area contributed by atoms with Crippen molar-refractivity contribution in [2.24, 2.45) is 0 Å². The molecule has 0 aromatic heterocycles. The highest BCUT2D eigenvalue weighted by Crippen LogP contribution is 2.27. The lowest BCUT2D eigenvalue weighted by Gasteiger charge is -2.08. The second kappa shape index (κ2) is 4.52. The van der Waals surface area contributed by atoms with E-state index in [4.69, 9.17) is 0 Å². The zero-order valence-electron chi connectivity index (χ0n) is 8.72. The first kappa shape index (κ1) is 10.4. The van der Waals surface area contributed by atoms with E-state index >= 15 is 0 Å². The molecule has 0 aliphatic carbocycles. The fourth-order valence-electron chi connectivity index (χ4n) is 1.22. The molecule has 0 fully saturated rings. The van der Waals surface area contributed by atoms with Gasteiger partial charge in [-0.3, -0.25) is 0 Å². The molecule has 0 N–H and O–H groups in total. The minimum Gasteiger partial charge on any atom is -0.129 e. The van der Waals surface area contributed by atoms with Crippen LogP contribution in [0.1, 0.15) is 26.3 Å². The number of hydrogen-bond donors (Lipinski definition) is 0. The number of rotatable bonds is 2. The van der Waals surface area contributed by atoms with Crippen LogP contribution in [0.3, 0.4) is 0 Å². The van der Waals surface area contributed by atoms with E-state index in [0.717, 1.165) is 0 Å². The quantitative estimate of drug-likeness (QED) is 0.632. The van der Waals surface area contributed by atoms with E-state index in [9.17, 15) is 0 Å². The predicted octanol–water partition coefficient (Wildman–Crippen LogP) is 4.22. The van der Waals surface area contributed by atoms with Crippen LogP contribution in [0.15, 0.2) is 34.7 Å². The first-order valence-corrected chi connectivity index (χ1v) is 5.66. The Balaban J connectivity index is 3.21. The molecule has 0 bridgehead atoms. The Morgan fingerprint density at radius 1 is 1.08 bits per heavy atom. The zero-order valence-corrected chi connectivity index (χ0v) is 9.53. The van der Waals surface area contributed by atoms with Gasteiger partial charge in [0.1, 0.15) is 0 Å². The summed E-state index contributed by atoms with van der Waals surface area (Å²) in [6, 6.07) is 8.55. The highest BCUT2D eigenvalue weighted by Gasteiger charge is 2.02. The normalized spacial score (nSPS) is 9.85. The van der Waals surface area contributed by atoms with Crippen molar-refractivity contribution in [3.8, 4) is 0 Å². The van der Waals surface area contributed by atoms with E-state index in [0.29, 0.717) is 0 Å². The molecule has 13 heavy (non-hydrogen) atoms. The van der Waals surface area contributed by atoms with Crippen LogP contribution in [0.4, 0.5) is 0 Å². The topological polar surface area (TPSA) is 0 Å². The molecule has 0 nitrogen and oxygen atoms in total. The van der Waals surface area contributed by atoms with E-state index < -0.39 is 0 Å². The van der Waals surface area contributed by atoms with Crippen LogP contribution in [0.2, 0.25) is 0 Å². The smallest absolute Gasteiger partial charge is 0.0144 e. The molecule has 0 heterocycles. The van der Waals surface area contributed by atoms with Gasteiger partial charge in [-0.2, -0.15) is 0 Å². The molecule has 0 saturated heterocycles. The summed E-state index contributed by atoms with van der Waals surface area (Å²) in [5.74, 6) is 0. The third-order valence-corrected chi connectivity index (χ3v) is 3.06. The van der Waals surface area contributed by atoms with Crippen LogP contribution in [-0.2, 0) is 0 Å². The zero-order chi connectivity index (χ0) is 9.84. The lowest BCUT2D eigenvalue weighted by atomic mass is 10.0. The van der Waals surface area contributed by atoms with Crippen molar-refractivity contribution in [2.75, 3.05) is 6.26 Å². The number of allylic oxidation sites excluding steroid dienone is 2. The molecule has 70 valence electrons. The molecule has 0 atom stereocenters. The summed E-state index contributed by atoms with van der Waals surface area (Å²) >= 11 is 1.81. The Bertz CT molecular complexity index is 320. The molecule has 0 aliphatic rings. The minimum absolute atomic E-state index is 1.36. The first-order chi connectivity index (χ1) is 6.16. The molecule has 0 amide bonds. The fourth-order valence-corrected chi connectivity index (χ4v) is 1.88. The van der Waals surface area contributed by atoms with Gasteiger partial charge in [-0.05, 0) is 44.2 Å². The van der Waals surface area contributed by atoms with Crippen molar-refractivity contribution in [2.45, 2.75) is 25.7 Å². The van der Waals surface area contributed by atoms with Gasteiger partial charge in [0.05, 0.1) is 0 Å². The molecule has 0 aliphatic heterocycles. The molecule has 0 saturated carbocycles. The van der Waals surface area contributed by atoms with Gasteiger partial charge in [0.15, 0.2) is 0 Å². The summed E-state index contributed by atoms with van der Waals surface area (Å²) in [4.78, 5) is 1.36. The molecular formula is C12H16S. The van der Waals surface area contributed by atoms with Crippen LogP contribution in [0.5, 0.6) is 0 Å². The van der Waals surface area contributed by atoms with Crippen molar-refractivity contribution in [3.05, 3.63) is 35.4 Å². The Morgan fingerprint density at radius 3 is 2.23 bits per heavy atom. The van der Waals surface area contributed by atoms with Crippen molar-refractivity contribution in [1.82, 2.24) is 0 Å². The second-order valence-electron chi connectivity index (χ2n) is 3.33. The monoisotopic (exact) mass is 192 g/mol. The van der Waals surface area contributed by atoms with Gasteiger partial charge >= 0.3 is 0 Å². The van der Waals surface area contributed by atoms with Crippen LogP contribution in [-0.4, -0.2) is 6.26 Å².